The van der Waals surface area contributed by atoms with Gasteiger partial charge in [-0.05, 0) is 51.8 Å². The summed E-state index contributed by atoms with van der Waals surface area (Å²) in [4.78, 5) is 18.8. The van der Waals surface area contributed by atoms with Crippen LogP contribution in [0.3, 0.4) is 0 Å². The predicted octanol–water partition coefficient (Wildman–Crippen LogP) is 3.62. The highest BCUT2D eigenvalue weighted by Crippen LogP contribution is 2.26. The molecule has 0 amide bonds. The number of nitrogens with one attached hydrogen (secondary N) is 1. The average molecular weight is 389 g/mol. The zero-order valence-corrected chi connectivity index (χ0v) is 16.8. The number of halogens is 1. The number of benzene rings is 1. The average Bonchev–Trinajstić information content (AvgIpc) is 3.01. The summed E-state index contributed by atoms with van der Waals surface area (Å²) in [5, 5.41) is 4.10. The minimum absolute atomic E-state index is 0.0356. The molecule has 2 aromatic rings. The van der Waals surface area contributed by atoms with Gasteiger partial charge in [0.1, 0.15) is 23.7 Å². The van der Waals surface area contributed by atoms with Crippen molar-refractivity contribution >= 4 is 22.9 Å². The second-order valence-corrected chi connectivity index (χ2v) is 6.97. The molecule has 1 aromatic heterocycles. The first-order chi connectivity index (χ1) is 13.5. The van der Waals surface area contributed by atoms with Crippen LogP contribution < -0.4 is 5.32 Å². The van der Waals surface area contributed by atoms with Crippen molar-refractivity contribution in [1.29, 1.82) is 0 Å². The van der Waals surface area contributed by atoms with Crippen molar-refractivity contribution in [1.82, 2.24) is 10.2 Å². The van der Waals surface area contributed by atoms with E-state index in [1.165, 1.54) is 12.1 Å². The first kappa shape index (κ1) is 20.2. The van der Waals surface area contributed by atoms with Crippen molar-refractivity contribution in [3.63, 3.8) is 0 Å². The molecule has 0 spiro atoms. The van der Waals surface area contributed by atoms with Gasteiger partial charge in [-0.25, -0.2) is 9.38 Å². The third-order valence-electron chi connectivity index (χ3n) is 5.12. The van der Waals surface area contributed by atoms with Gasteiger partial charge in [0.05, 0.1) is 12.5 Å². The number of rotatable bonds is 5. The maximum atomic E-state index is 13.5. The van der Waals surface area contributed by atoms with Crippen molar-refractivity contribution in [2.24, 2.45) is 10.9 Å². The lowest BCUT2D eigenvalue weighted by atomic mass is 9.97. The number of nitrogens with zero attached hydrogens (tertiary/aromatic N) is 2. The third-order valence-corrected chi connectivity index (χ3v) is 5.12. The quantitative estimate of drug-likeness (QED) is 0.481. The molecule has 0 radical (unpaired) electrons. The van der Waals surface area contributed by atoms with Crippen LogP contribution in [0.1, 0.15) is 38.0 Å². The Hall–Kier alpha value is -2.57. The number of carbonyl (C=O) groups is 1. The molecule has 7 heteroatoms. The van der Waals surface area contributed by atoms with Gasteiger partial charge in [-0.15, -0.1) is 0 Å². The minimum Gasteiger partial charge on any atom is -0.466 e. The van der Waals surface area contributed by atoms with E-state index in [4.69, 9.17) is 14.1 Å². The smallest absolute Gasteiger partial charge is 0.309 e. The zero-order chi connectivity index (χ0) is 20.1. The van der Waals surface area contributed by atoms with E-state index >= 15 is 0 Å². The van der Waals surface area contributed by atoms with E-state index in [1.807, 2.05) is 20.8 Å². The molecule has 1 saturated heterocycles. The molecule has 1 aliphatic heterocycles. The number of hydrogen-bond acceptors (Lipinski definition) is 4. The zero-order valence-electron chi connectivity index (χ0n) is 16.8. The maximum absolute atomic E-state index is 13.5. The fraction of sp³-hybridized carbons (Fsp3) is 0.524. The number of furan rings is 1. The molecular weight excluding hydrogens is 361 g/mol. The van der Waals surface area contributed by atoms with Crippen molar-refractivity contribution in [2.75, 3.05) is 26.2 Å². The van der Waals surface area contributed by atoms with Crippen LogP contribution in [0.25, 0.3) is 11.0 Å². The van der Waals surface area contributed by atoms with Gasteiger partial charge < -0.3 is 19.4 Å². The van der Waals surface area contributed by atoms with Crippen LogP contribution in [0.4, 0.5) is 4.39 Å². The molecule has 0 unspecified atom stereocenters. The van der Waals surface area contributed by atoms with Gasteiger partial charge >= 0.3 is 5.97 Å². The van der Waals surface area contributed by atoms with Gasteiger partial charge in [0.15, 0.2) is 5.96 Å². The second-order valence-electron chi connectivity index (χ2n) is 6.97. The molecule has 0 saturated carbocycles. The van der Waals surface area contributed by atoms with E-state index in [2.05, 4.69) is 10.2 Å². The van der Waals surface area contributed by atoms with Gasteiger partial charge in [-0.1, -0.05) is 0 Å². The first-order valence-corrected chi connectivity index (χ1v) is 9.90. The summed E-state index contributed by atoms with van der Waals surface area (Å²) in [5.74, 6) is 1.12. The number of carbonyl (C=O) groups excluding carboxylic acids is 1. The molecule has 0 atom stereocenters. The first-order valence-electron chi connectivity index (χ1n) is 9.90. The van der Waals surface area contributed by atoms with Crippen LogP contribution in [-0.4, -0.2) is 43.1 Å². The van der Waals surface area contributed by atoms with E-state index in [1.54, 1.807) is 6.07 Å². The van der Waals surface area contributed by atoms with E-state index < -0.39 is 0 Å². The Morgan fingerprint density at radius 1 is 1.36 bits per heavy atom. The van der Waals surface area contributed by atoms with Crippen molar-refractivity contribution in [3.8, 4) is 0 Å². The molecule has 1 aromatic carbocycles. The number of likely N-dealkylation sites (tertiary alicyclic amines) is 1. The summed E-state index contributed by atoms with van der Waals surface area (Å²) in [6, 6.07) is 4.54. The summed E-state index contributed by atoms with van der Waals surface area (Å²) < 4.78 is 24.5. The standard InChI is InChI=1S/C21H28FN3O3/c1-4-23-21(25-10-8-15(9-11-25)20(26)27-5-2)24-13-19-14(3)17-12-16(22)6-7-18(17)28-19/h6-7,12,15H,4-5,8-11,13H2,1-3H3,(H,23,24). The molecule has 1 aliphatic rings. The number of aliphatic imine (C=N–C) groups is 1. The number of ether oxygens (including phenoxy) is 1. The Balaban J connectivity index is 1.70. The highest BCUT2D eigenvalue weighted by molar-refractivity contribution is 5.83. The summed E-state index contributed by atoms with van der Waals surface area (Å²) in [7, 11) is 0. The summed E-state index contributed by atoms with van der Waals surface area (Å²) in [5.41, 5.74) is 1.58. The number of piperidine rings is 1. The van der Waals surface area contributed by atoms with Crippen LogP contribution >= 0.6 is 0 Å². The molecule has 0 aliphatic carbocycles. The van der Waals surface area contributed by atoms with Crippen LogP contribution in [0.5, 0.6) is 0 Å². The third kappa shape index (κ3) is 4.46. The monoisotopic (exact) mass is 389 g/mol. The molecule has 0 bridgehead atoms. The van der Waals surface area contributed by atoms with Gasteiger partial charge in [-0.3, -0.25) is 4.79 Å². The molecule has 2 heterocycles. The highest BCUT2D eigenvalue weighted by Gasteiger charge is 2.27. The van der Waals surface area contributed by atoms with Crippen molar-refractivity contribution in [3.05, 3.63) is 35.3 Å². The van der Waals surface area contributed by atoms with Crippen molar-refractivity contribution < 1.29 is 18.3 Å². The lowest BCUT2D eigenvalue weighted by Gasteiger charge is -2.33. The molecule has 1 N–H and O–H groups in total. The summed E-state index contributed by atoms with van der Waals surface area (Å²) in [6.07, 6.45) is 1.51. The van der Waals surface area contributed by atoms with Crippen LogP contribution in [0.15, 0.2) is 27.6 Å². The van der Waals surface area contributed by atoms with Gasteiger partial charge in [0.2, 0.25) is 0 Å². The second kappa shape index (κ2) is 9.08. The van der Waals surface area contributed by atoms with E-state index in [-0.39, 0.29) is 17.7 Å². The molecule has 152 valence electrons. The fourth-order valence-corrected chi connectivity index (χ4v) is 3.55. The lowest BCUT2D eigenvalue weighted by Crippen LogP contribution is -2.46. The summed E-state index contributed by atoms with van der Waals surface area (Å²) >= 11 is 0. The summed E-state index contributed by atoms with van der Waals surface area (Å²) in [6.45, 7) is 8.83. The largest absolute Gasteiger partial charge is 0.466 e. The minimum atomic E-state index is -0.274. The molecule has 6 nitrogen and oxygen atoms in total. The topological polar surface area (TPSA) is 67.1 Å². The maximum Gasteiger partial charge on any atom is 0.309 e. The highest BCUT2D eigenvalue weighted by atomic mass is 19.1. The van der Waals surface area contributed by atoms with Gasteiger partial charge in [0, 0.05) is 30.6 Å². The van der Waals surface area contributed by atoms with Crippen LogP contribution in [0.2, 0.25) is 0 Å². The Morgan fingerprint density at radius 2 is 2.11 bits per heavy atom. The molecule has 3 rings (SSSR count). The van der Waals surface area contributed by atoms with E-state index in [0.29, 0.717) is 18.7 Å². The Labute approximate surface area is 164 Å². The number of esters is 1. The van der Waals surface area contributed by atoms with Crippen molar-refractivity contribution in [2.45, 2.75) is 40.2 Å². The van der Waals surface area contributed by atoms with Crippen LogP contribution in [-0.2, 0) is 16.1 Å². The fourth-order valence-electron chi connectivity index (χ4n) is 3.55. The Morgan fingerprint density at radius 3 is 2.79 bits per heavy atom. The molecule has 1 fully saturated rings. The Kier molecular flexibility index (Phi) is 6.54. The van der Waals surface area contributed by atoms with E-state index in [9.17, 15) is 9.18 Å². The number of aryl methyl sites for hydroxylation is 1. The predicted molar refractivity (Wildman–Crippen MR) is 107 cm³/mol. The SMILES string of the molecule is CCNC(=NCc1oc2ccc(F)cc2c1C)N1CCC(C(=O)OCC)CC1. The van der Waals surface area contributed by atoms with Gasteiger partial charge in [-0.2, -0.15) is 0 Å². The molecular formula is C21H28FN3O3. The van der Waals surface area contributed by atoms with E-state index in [0.717, 1.165) is 55.1 Å². The Bertz CT molecular complexity index is 854. The molecule has 28 heavy (non-hydrogen) atoms. The normalized spacial score (nSPS) is 15.9. The number of guanidine groups is 1. The number of hydrogen-bond donors (Lipinski definition) is 1. The number of fused-ring (bicyclic) bond motifs is 1. The van der Waals surface area contributed by atoms with Gasteiger partial charge in [0.25, 0.3) is 0 Å². The van der Waals surface area contributed by atoms with Crippen LogP contribution in [0, 0.1) is 18.7 Å². The lowest BCUT2D eigenvalue weighted by molar-refractivity contribution is -0.149.